The Kier molecular flexibility index (Phi) is 37.1. The van der Waals surface area contributed by atoms with E-state index in [1.165, 1.54) is 47.0 Å². The summed E-state index contributed by atoms with van der Waals surface area (Å²) in [5.74, 6) is 5.34. The highest BCUT2D eigenvalue weighted by Crippen LogP contribution is 2.15. The van der Waals surface area contributed by atoms with Gasteiger partial charge in [-0.1, -0.05) is 0 Å². The Morgan fingerprint density at radius 1 is 0.462 bits per heavy atom. The molecule has 0 rings (SSSR count). The molecule has 0 aromatic rings. The quantitative estimate of drug-likeness (QED) is 0.0347. The molecular formula is C21H40O10S8. The Balaban J connectivity index is 3.20. The molecule has 232 valence electrons. The summed E-state index contributed by atoms with van der Waals surface area (Å²) >= 11 is 12.6. The molecule has 0 amide bonds. The van der Waals surface area contributed by atoms with Crippen molar-refractivity contribution in [2.24, 2.45) is 0 Å². The lowest BCUT2D eigenvalue weighted by Crippen LogP contribution is -2.10. The number of thioether (sulfide) groups is 8. The van der Waals surface area contributed by atoms with Crippen molar-refractivity contribution in [3.05, 3.63) is 0 Å². The number of hydrogen-bond acceptors (Lipinski definition) is 18. The van der Waals surface area contributed by atoms with Crippen LogP contribution in [0.15, 0.2) is 0 Å². The van der Waals surface area contributed by atoms with Crippen LogP contribution in [0.5, 0.6) is 0 Å². The SMILES string of the molecule is O=C(CSCSCCOOCSCSCOC(=O)CSCSCCOOCCSCCO)OCCSCCO. The van der Waals surface area contributed by atoms with Gasteiger partial charge in [-0.05, 0) is 0 Å². The molecule has 0 aromatic carbocycles. The Hall–Kier alpha value is 1.50. The van der Waals surface area contributed by atoms with Gasteiger partial charge in [0.2, 0.25) is 0 Å². The van der Waals surface area contributed by atoms with E-state index in [1.54, 1.807) is 47.0 Å². The zero-order chi connectivity index (χ0) is 28.5. The standard InChI is InChI=1S/C21H40O10S8/c22-1-7-32-9-3-26-20(24)13-36-17-35-12-6-30-31-16-39-19-38-15-27-21(25)14-37-18-34-11-5-29-28-4-10-33-8-2-23/h22-23H,1-19H2. The maximum absolute atomic E-state index is 11.7. The Morgan fingerprint density at radius 3 is 1.51 bits per heavy atom. The molecule has 39 heavy (non-hydrogen) atoms. The van der Waals surface area contributed by atoms with E-state index < -0.39 is 0 Å². The van der Waals surface area contributed by atoms with Gasteiger partial charge in [0.05, 0.1) is 44.5 Å². The summed E-state index contributed by atoms with van der Waals surface area (Å²) < 4.78 is 10.3. The molecule has 0 atom stereocenters. The number of aliphatic hydroxyl groups is 2. The smallest absolute Gasteiger partial charge is 0.316 e. The molecule has 0 saturated heterocycles. The highest BCUT2D eigenvalue weighted by atomic mass is 32.2. The second-order valence-corrected chi connectivity index (χ2v) is 16.1. The molecule has 0 saturated carbocycles. The van der Waals surface area contributed by atoms with Crippen molar-refractivity contribution in [1.82, 2.24) is 0 Å². The molecule has 0 aliphatic rings. The molecule has 0 aliphatic carbocycles. The van der Waals surface area contributed by atoms with Crippen molar-refractivity contribution in [2.45, 2.75) is 0 Å². The first kappa shape index (κ1) is 40.5. The average molecular weight is 709 g/mol. The van der Waals surface area contributed by atoms with Gasteiger partial charge in [-0.25, -0.2) is 19.6 Å². The number of aliphatic hydroxyl groups excluding tert-OH is 2. The third-order valence-corrected chi connectivity index (χ3v) is 11.6. The topological polar surface area (TPSA) is 130 Å². The number of ether oxygens (including phenoxy) is 2. The fourth-order valence-electron chi connectivity index (χ4n) is 1.87. The van der Waals surface area contributed by atoms with E-state index in [0.717, 1.165) is 32.5 Å². The van der Waals surface area contributed by atoms with Gasteiger partial charge in [0.15, 0.2) is 0 Å². The fraction of sp³-hybridized carbons (Fsp3) is 0.905. The maximum atomic E-state index is 11.7. The van der Waals surface area contributed by atoms with E-state index in [0.29, 0.717) is 67.1 Å². The first-order valence-corrected chi connectivity index (χ1v) is 21.1. The minimum Gasteiger partial charge on any atom is -0.464 e. The second kappa shape index (κ2) is 35.7. The van der Waals surface area contributed by atoms with Crippen molar-refractivity contribution in [2.75, 3.05) is 113 Å². The first-order valence-electron chi connectivity index (χ1n) is 11.8. The van der Waals surface area contributed by atoms with Crippen LogP contribution in [0.3, 0.4) is 0 Å². The van der Waals surface area contributed by atoms with Crippen LogP contribution in [0.1, 0.15) is 0 Å². The number of carbonyl (C=O) groups is 2. The molecule has 0 bridgehead atoms. The Morgan fingerprint density at radius 2 is 0.923 bits per heavy atom. The number of rotatable bonds is 32. The molecule has 0 heterocycles. The first-order chi connectivity index (χ1) is 19.2. The molecular weight excluding hydrogens is 669 g/mol. The van der Waals surface area contributed by atoms with E-state index in [1.807, 2.05) is 0 Å². The van der Waals surface area contributed by atoms with Gasteiger partial charge in [0.1, 0.15) is 18.5 Å². The summed E-state index contributed by atoms with van der Waals surface area (Å²) in [5.41, 5.74) is 0. The van der Waals surface area contributed by atoms with E-state index >= 15 is 0 Å². The van der Waals surface area contributed by atoms with Gasteiger partial charge >= 0.3 is 11.9 Å². The molecule has 0 unspecified atom stereocenters. The van der Waals surface area contributed by atoms with Crippen LogP contribution in [0.25, 0.3) is 0 Å². The lowest BCUT2D eigenvalue weighted by Gasteiger charge is -2.06. The Bertz CT molecular complexity index is 543. The van der Waals surface area contributed by atoms with Crippen LogP contribution in [0.2, 0.25) is 0 Å². The summed E-state index contributed by atoms with van der Waals surface area (Å²) in [6.07, 6.45) is 0. The van der Waals surface area contributed by atoms with Crippen LogP contribution in [-0.4, -0.2) is 135 Å². The van der Waals surface area contributed by atoms with Crippen molar-refractivity contribution >= 4 is 106 Å². The van der Waals surface area contributed by atoms with Gasteiger partial charge in [0, 0.05) is 49.8 Å². The molecule has 0 radical (unpaired) electrons. The molecule has 0 aliphatic heterocycles. The van der Waals surface area contributed by atoms with Gasteiger partial charge in [-0.2, -0.15) is 23.5 Å². The molecule has 2 N–H and O–H groups in total. The van der Waals surface area contributed by atoms with E-state index in [9.17, 15) is 9.59 Å². The minimum atomic E-state index is -0.224. The van der Waals surface area contributed by atoms with Crippen LogP contribution < -0.4 is 0 Å². The monoisotopic (exact) mass is 708 g/mol. The van der Waals surface area contributed by atoms with Crippen LogP contribution >= 0.6 is 94.1 Å². The summed E-state index contributed by atoms with van der Waals surface area (Å²) in [5, 5.41) is 19.6. The minimum absolute atomic E-state index is 0.140. The number of carbonyl (C=O) groups excluding carboxylic acids is 2. The third-order valence-electron chi connectivity index (χ3n) is 3.44. The summed E-state index contributed by atoms with van der Waals surface area (Å²) in [7, 11) is 0. The number of esters is 2. The highest BCUT2D eigenvalue weighted by molar-refractivity contribution is 8.16. The zero-order valence-electron chi connectivity index (χ0n) is 21.9. The maximum Gasteiger partial charge on any atom is 0.316 e. The second-order valence-electron chi connectivity index (χ2n) is 6.50. The van der Waals surface area contributed by atoms with Crippen LogP contribution in [-0.2, 0) is 38.6 Å². The summed E-state index contributed by atoms with van der Waals surface area (Å²) in [6.45, 7) is 2.16. The lowest BCUT2D eigenvalue weighted by atomic mass is 10.8. The average Bonchev–Trinajstić information content (AvgIpc) is 2.93. The highest BCUT2D eigenvalue weighted by Gasteiger charge is 2.04. The normalized spacial score (nSPS) is 11.1. The van der Waals surface area contributed by atoms with E-state index in [-0.39, 0.29) is 25.2 Å². The summed E-state index contributed by atoms with van der Waals surface area (Å²) in [4.78, 5) is 43.6. The van der Waals surface area contributed by atoms with Crippen LogP contribution in [0, 0.1) is 0 Å². The molecule has 10 nitrogen and oxygen atoms in total. The van der Waals surface area contributed by atoms with Gasteiger partial charge in [-0.3, -0.25) is 9.59 Å². The van der Waals surface area contributed by atoms with Crippen LogP contribution in [0.4, 0.5) is 0 Å². The fourth-order valence-corrected chi connectivity index (χ4v) is 7.72. The van der Waals surface area contributed by atoms with Gasteiger partial charge in [-0.15, -0.1) is 70.6 Å². The summed E-state index contributed by atoms with van der Waals surface area (Å²) in [6, 6.07) is 0. The predicted octanol–water partition coefficient (Wildman–Crippen LogP) is 3.61. The third kappa shape index (κ3) is 35.6. The molecule has 0 fully saturated rings. The molecule has 0 spiro atoms. The zero-order valence-corrected chi connectivity index (χ0v) is 28.4. The van der Waals surface area contributed by atoms with Crippen molar-refractivity contribution in [3.8, 4) is 0 Å². The molecule has 0 aromatic heterocycles. The van der Waals surface area contributed by atoms with Crippen molar-refractivity contribution in [1.29, 1.82) is 0 Å². The Labute approximate surface area is 265 Å². The van der Waals surface area contributed by atoms with Crippen molar-refractivity contribution in [3.63, 3.8) is 0 Å². The largest absolute Gasteiger partial charge is 0.464 e. The lowest BCUT2D eigenvalue weighted by molar-refractivity contribution is -0.285. The van der Waals surface area contributed by atoms with Gasteiger partial charge in [0.25, 0.3) is 0 Å². The van der Waals surface area contributed by atoms with E-state index in [4.69, 9.17) is 39.2 Å². The molecule has 18 heteroatoms. The van der Waals surface area contributed by atoms with Crippen molar-refractivity contribution < 1.29 is 48.8 Å². The number of hydrogen-bond donors (Lipinski definition) is 2. The van der Waals surface area contributed by atoms with E-state index in [2.05, 4.69) is 0 Å². The predicted molar refractivity (Wildman–Crippen MR) is 174 cm³/mol. The van der Waals surface area contributed by atoms with Gasteiger partial charge < -0.3 is 19.7 Å².